The first-order chi connectivity index (χ1) is 16.7. The number of carbonyl (C=O) groups excluding carboxylic acids is 1. The van der Waals surface area contributed by atoms with Crippen molar-refractivity contribution in [2.75, 3.05) is 44.7 Å². The van der Waals surface area contributed by atoms with E-state index >= 15 is 0 Å². The molecule has 0 radical (unpaired) electrons. The van der Waals surface area contributed by atoms with Gasteiger partial charge in [-0.15, -0.1) is 0 Å². The topological polar surface area (TPSA) is 98.3 Å². The van der Waals surface area contributed by atoms with Crippen LogP contribution in [0.4, 0.5) is 19.1 Å². The van der Waals surface area contributed by atoms with Crippen LogP contribution in [0.1, 0.15) is 24.0 Å². The number of carbonyl (C=O) groups is 1. The number of hydrogen-bond donors (Lipinski definition) is 1. The van der Waals surface area contributed by atoms with Gasteiger partial charge in [0.1, 0.15) is 0 Å². The molecule has 1 aliphatic heterocycles. The lowest BCUT2D eigenvalue weighted by Gasteiger charge is -2.35. The molecule has 1 saturated heterocycles. The summed E-state index contributed by atoms with van der Waals surface area (Å²) in [6, 6.07) is 5.58. The number of amides is 1. The highest BCUT2D eigenvalue weighted by Crippen LogP contribution is 2.28. The van der Waals surface area contributed by atoms with E-state index in [0.717, 1.165) is 23.3 Å². The Morgan fingerprint density at radius 1 is 1.09 bits per heavy atom. The number of hydrogen-bond acceptors (Lipinski definition) is 7. The second kappa shape index (κ2) is 10.4. The molecule has 186 valence electrons. The van der Waals surface area contributed by atoms with E-state index in [4.69, 9.17) is 0 Å². The second-order valence-electron chi connectivity index (χ2n) is 8.56. The molecule has 1 N–H and O–H groups in total. The Labute approximate surface area is 199 Å². The number of rotatable bonds is 7. The van der Waals surface area contributed by atoms with E-state index in [2.05, 4.69) is 25.1 Å². The molecule has 3 aromatic rings. The third-order valence-corrected chi connectivity index (χ3v) is 6.05. The summed E-state index contributed by atoms with van der Waals surface area (Å²) in [5.41, 5.74) is -0.107. The van der Waals surface area contributed by atoms with Crippen molar-refractivity contribution in [1.82, 2.24) is 30.0 Å². The van der Waals surface area contributed by atoms with Crippen molar-refractivity contribution in [2.45, 2.75) is 25.6 Å². The highest BCUT2D eigenvalue weighted by molar-refractivity contribution is 5.83. The summed E-state index contributed by atoms with van der Waals surface area (Å²) in [5, 5.41) is 7.75. The third-order valence-electron chi connectivity index (χ3n) is 6.05. The van der Waals surface area contributed by atoms with Gasteiger partial charge in [-0.05, 0) is 31.6 Å². The van der Waals surface area contributed by atoms with E-state index in [0.29, 0.717) is 57.5 Å². The van der Waals surface area contributed by atoms with Crippen molar-refractivity contribution in [3.8, 4) is 0 Å². The molecule has 0 unspecified atom stereocenters. The fourth-order valence-electron chi connectivity index (χ4n) is 4.13. The van der Waals surface area contributed by atoms with Gasteiger partial charge in [0.05, 0.1) is 17.1 Å². The Kier molecular flexibility index (Phi) is 7.29. The zero-order valence-corrected chi connectivity index (χ0v) is 19.3. The Morgan fingerprint density at radius 3 is 2.49 bits per heavy atom. The summed E-state index contributed by atoms with van der Waals surface area (Å²) in [6.07, 6.45) is -0.173. The van der Waals surface area contributed by atoms with Crippen LogP contribution < -0.4 is 10.5 Å². The average Bonchev–Trinajstić information content (AvgIpc) is 2.84. The van der Waals surface area contributed by atoms with Gasteiger partial charge in [0.2, 0.25) is 11.9 Å². The molecule has 2 aromatic heterocycles. The summed E-state index contributed by atoms with van der Waals surface area (Å²) >= 11 is 0. The Hall–Kier alpha value is -3.54. The molecule has 0 atom stereocenters. The maximum Gasteiger partial charge on any atom is 0.419 e. The number of H-pyrrole nitrogens is 1. The molecule has 1 amide bonds. The van der Waals surface area contributed by atoms with Crippen LogP contribution in [0.5, 0.6) is 0 Å². The molecule has 0 saturated carbocycles. The SMILES string of the molecule is CN(CCCC(=O)N1CCN(c2ncc(C(F)(F)F)cn2)CC1)Cc1cccc2c(=O)[nH]ncc12. The number of halogens is 3. The first-order valence-electron chi connectivity index (χ1n) is 11.3. The zero-order chi connectivity index (χ0) is 25.0. The molecule has 12 heteroatoms. The first kappa shape index (κ1) is 24.6. The van der Waals surface area contributed by atoms with Gasteiger partial charge in [0.15, 0.2) is 0 Å². The van der Waals surface area contributed by atoms with E-state index in [1.807, 2.05) is 19.2 Å². The molecule has 0 bridgehead atoms. The van der Waals surface area contributed by atoms with Crippen LogP contribution in [0.25, 0.3) is 10.8 Å². The van der Waals surface area contributed by atoms with Gasteiger partial charge in [-0.1, -0.05) is 12.1 Å². The van der Waals surface area contributed by atoms with E-state index < -0.39 is 11.7 Å². The molecule has 0 aliphatic carbocycles. The van der Waals surface area contributed by atoms with Gasteiger partial charge in [0.25, 0.3) is 5.56 Å². The smallest absolute Gasteiger partial charge is 0.339 e. The highest BCUT2D eigenvalue weighted by atomic mass is 19.4. The van der Waals surface area contributed by atoms with Crippen molar-refractivity contribution >= 4 is 22.6 Å². The summed E-state index contributed by atoms with van der Waals surface area (Å²) in [4.78, 5) is 37.9. The molecule has 1 aliphatic rings. The minimum absolute atomic E-state index is 0.0484. The fourth-order valence-corrected chi connectivity index (χ4v) is 4.13. The van der Waals surface area contributed by atoms with Gasteiger partial charge in [-0.25, -0.2) is 15.1 Å². The second-order valence-corrected chi connectivity index (χ2v) is 8.56. The maximum atomic E-state index is 12.7. The van der Waals surface area contributed by atoms with E-state index in [-0.39, 0.29) is 17.4 Å². The van der Waals surface area contributed by atoms with Gasteiger partial charge >= 0.3 is 6.18 Å². The molecule has 9 nitrogen and oxygen atoms in total. The molecular weight excluding hydrogens is 463 g/mol. The molecule has 3 heterocycles. The predicted molar refractivity (Wildman–Crippen MR) is 124 cm³/mol. The molecule has 1 aromatic carbocycles. The Morgan fingerprint density at radius 2 is 1.80 bits per heavy atom. The minimum Gasteiger partial charge on any atom is -0.339 e. The number of fused-ring (bicyclic) bond motifs is 1. The summed E-state index contributed by atoms with van der Waals surface area (Å²) in [5.74, 6) is 0.282. The van der Waals surface area contributed by atoms with Gasteiger partial charge in [0, 0.05) is 56.9 Å². The number of nitrogens with one attached hydrogen (secondary N) is 1. The Bertz CT molecular complexity index is 1220. The van der Waals surface area contributed by atoms with E-state index in [1.54, 1.807) is 22.1 Å². The molecule has 0 spiro atoms. The molecule has 4 rings (SSSR count). The molecular formula is C23H26F3N7O2. The van der Waals surface area contributed by atoms with Crippen LogP contribution in [0.2, 0.25) is 0 Å². The summed E-state index contributed by atoms with van der Waals surface area (Å²) in [7, 11) is 1.97. The predicted octanol–water partition coefficient (Wildman–Crippen LogP) is 2.29. The lowest BCUT2D eigenvalue weighted by Crippen LogP contribution is -2.49. The van der Waals surface area contributed by atoms with Crippen molar-refractivity contribution < 1.29 is 18.0 Å². The number of aromatic nitrogens is 4. The van der Waals surface area contributed by atoms with Crippen LogP contribution in [-0.2, 0) is 17.5 Å². The minimum atomic E-state index is -4.47. The van der Waals surface area contributed by atoms with E-state index in [9.17, 15) is 22.8 Å². The normalized spacial score (nSPS) is 14.7. The summed E-state index contributed by atoms with van der Waals surface area (Å²) in [6.45, 7) is 3.20. The average molecular weight is 490 g/mol. The zero-order valence-electron chi connectivity index (χ0n) is 19.3. The van der Waals surface area contributed by atoms with Crippen LogP contribution >= 0.6 is 0 Å². The molecule has 35 heavy (non-hydrogen) atoms. The lowest BCUT2D eigenvalue weighted by molar-refractivity contribution is -0.138. The van der Waals surface area contributed by atoms with Gasteiger partial charge < -0.3 is 14.7 Å². The largest absolute Gasteiger partial charge is 0.419 e. The van der Waals surface area contributed by atoms with Crippen LogP contribution in [-0.4, -0.2) is 75.6 Å². The van der Waals surface area contributed by atoms with Crippen LogP contribution in [0.3, 0.4) is 0 Å². The number of benzene rings is 1. The number of alkyl halides is 3. The molecule has 1 fully saturated rings. The number of aromatic amines is 1. The van der Waals surface area contributed by atoms with Crippen molar-refractivity contribution in [1.29, 1.82) is 0 Å². The standard InChI is InChI=1S/C23H26F3N7O2/c1-31(15-16-4-2-5-18-19(16)14-29-30-21(18)35)7-3-6-20(34)32-8-10-33(11-9-32)22-27-12-17(13-28-22)23(24,25)26/h2,4-5,12-14H,3,6-11,15H2,1H3,(H,30,35). The lowest BCUT2D eigenvalue weighted by atomic mass is 10.1. The van der Waals surface area contributed by atoms with Crippen molar-refractivity contribution in [2.24, 2.45) is 0 Å². The number of nitrogens with zero attached hydrogens (tertiary/aromatic N) is 6. The van der Waals surface area contributed by atoms with Gasteiger partial charge in [-0.2, -0.15) is 18.3 Å². The number of piperazine rings is 1. The van der Waals surface area contributed by atoms with Crippen molar-refractivity contribution in [3.63, 3.8) is 0 Å². The third kappa shape index (κ3) is 5.94. The fraction of sp³-hybridized carbons (Fsp3) is 0.435. The van der Waals surface area contributed by atoms with Crippen LogP contribution in [0.15, 0.2) is 41.6 Å². The Balaban J connectivity index is 1.22. The maximum absolute atomic E-state index is 12.7. The highest BCUT2D eigenvalue weighted by Gasteiger charge is 2.32. The first-order valence-corrected chi connectivity index (χ1v) is 11.3. The van der Waals surface area contributed by atoms with Gasteiger partial charge in [-0.3, -0.25) is 9.59 Å². The van der Waals surface area contributed by atoms with Crippen LogP contribution in [0, 0.1) is 0 Å². The van der Waals surface area contributed by atoms with E-state index in [1.165, 1.54) is 0 Å². The monoisotopic (exact) mass is 489 g/mol. The summed E-state index contributed by atoms with van der Waals surface area (Å²) < 4.78 is 38.1. The van der Waals surface area contributed by atoms with Crippen molar-refractivity contribution in [3.05, 3.63) is 58.3 Å². The quantitative estimate of drug-likeness (QED) is 0.544. The number of anilines is 1.